The number of hydrogen-bond acceptors (Lipinski definition) is 7. The molecule has 0 saturated heterocycles. The summed E-state index contributed by atoms with van der Waals surface area (Å²) in [7, 11) is -1.17. The Labute approximate surface area is 150 Å². The van der Waals surface area contributed by atoms with Crippen LogP contribution in [0.3, 0.4) is 0 Å². The van der Waals surface area contributed by atoms with E-state index >= 15 is 0 Å². The lowest BCUT2D eigenvalue weighted by atomic mass is 10.2. The van der Waals surface area contributed by atoms with Gasteiger partial charge in [0.1, 0.15) is 11.4 Å². The Morgan fingerprint density at radius 2 is 2.08 bits per heavy atom. The van der Waals surface area contributed by atoms with E-state index in [1.165, 1.54) is 32.4 Å². The second-order valence-corrected chi connectivity index (χ2v) is 7.52. The van der Waals surface area contributed by atoms with Crippen LogP contribution in [0.2, 0.25) is 0 Å². The maximum absolute atomic E-state index is 12.4. The molecule has 2 atom stereocenters. The number of hydrogen-bond donors (Lipinski definition) is 1. The van der Waals surface area contributed by atoms with Gasteiger partial charge in [0.2, 0.25) is 11.7 Å². The first-order valence-electron chi connectivity index (χ1n) is 7.71. The molecule has 9 nitrogen and oxygen atoms in total. The minimum absolute atomic E-state index is 0.0543. The number of ether oxygens (including phenoxy) is 3. The summed E-state index contributed by atoms with van der Waals surface area (Å²) in [6.07, 6.45) is 2.61. The topological polar surface area (TPSA) is 111 Å². The van der Waals surface area contributed by atoms with Crippen molar-refractivity contribution in [2.45, 2.75) is 17.0 Å². The third-order valence-corrected chi connectivity index (χ3v) is 5.92. The van der Waals surface area contributed by atoms with E-state index in [-0.39, 0.29) is 17.0 Å². The van der Waals surface area contributed by atoms with Gasteiger partial charge in [-0.3, -0.25) is 9.59 Å². The van der Waals surface area contributed by atoms with Gasteiger partial charge in [-0.2, -0.15) is 0 Å². The van der Waals surface area contributed by atoms with E-state index in [4.69, 9.17) is 14.2 Å². The minimum atomic E-state index is -4.04. The number of methoxy groups -OCH3 is 2. The number of carbonyl (C=O) groups is 2. The van der Waals surface area contributed by atoms with Crippen LogP contribution in [0.1, 0.15) is 10.4 Å². The molecule has 3 rings (SSSR count). The molecule has 2 aliphatic rings. The first-order chi connectivity index (χ1) is 12.3. The van der Waals surface area contributed by atoms with Crippen molar-refractivity contribution in [1.29, 1.82) is 0 Å². The first kappa shape index (κ1) is 18.5. The fourth-order valence-corrected chi connectivity index (χ4v) is 4.24. The summed E-state index contributed by atoms with van der Waals surface area (Å²) in [4.78, 5) is 24.4. The summed E-state index contributed by atoms with van der Waals surface area (Å²) >= 11 is 0. The van der Waals surface area contributed by atoms with Crippen LogP contribution in [0.15, 0.2) is 41.3 Å². The quantitative estimate of drug-likeness (QED) is 0.681. The highest BCUT2D eigenvalue weighted by Gasteiger charge is 2.42. The van der Waals surface area contributed by atoms with Crippen LogP contribution in [0.5, 0.6) is 0 Å². The van der Waals surface area contributed by atoms with Gasteiger partial charge in [-0.1, -0.05) is 12.1 Å². The number of carbonyl (C=O) groups excluding carboxylic acids is 2. The smallest absolute Gasteiger partial charge is 0.269 e. The molecule has 2 aliphatic heterocycles. The van der Waals surface area contributed by atoms with E-state index in [2.05, 4.69) is 5.32 Å². The summed E-state index contributed by atoms with van der Waals surface area (Å²) in [5.74, 6) is -2.61. The molecule has 10 heteroatoms. The molecule has 1 N–H and O–H groups in total. The zero-order valence-corrected chi connectivity index (χ0v) is 15.0. The summed E-state index contributed by atoms with van der Waals surface area (Å²) in [6, 6.07) is 5.83. The van der Waals surface area contributed by atoms with Crippen LogP contribution in [0, 0.1) is 0 Å². The molecular weight excluding hydrogens is 364 g/mol. The third-order valence-electron chi connectivity index (χ3n) is 4.13. The Bertz CT molecular complexity index is 867. The van der Waals surface area contributed by atoms with Gasteiger partial charge in [-0.05, 0) is 24.3 Å². The van der Waals surface area contributed by atoms with Crippen LogP contribution in [-0.2, 0) is 29.0 Å². The van der Waals surface area contributed by atoms with Gasteiger partial charge >= 0.3 is 0 Å². The molecule has 0 unspecified atom stereocenters. The van der Waals surface area contributed by atoms with E-state index in [0.717, 1.165) is 0 Å². The highest BCUT2D eigenvalue weighted by atomic mass is 32.2. The van der Waals surface area contributed by atoms with E-state index in [9.17, 15) is 18.0 Å². The molecule has 0 spiro atoms. The molecule has 0 aliphatic carbocycles. The van der Waals surface area contributed by atoms with Crippen LogP contribution >= 0.6 is 0 Å². The number of fused-ring (bicyclic) bond motifs is 1. The van der Waals surface area contributed by atoms with Crippen molar-refractivity contribution in [2.24, 2.45) is 0 Å². The Balaban J connectivity index is 1.66. The summed E-state index contributed by atoms with van der Waals surface area (Å²) in [6.45, 7) is -0.708. The lowest BCUT2D eigenvalue weighted by molar-refractivity contribution is -0.239. The number of sulfonamides is 1. The molecule has 140 valence electrons. The van der Waals surface area contributed by atoms with Gasteiger partial charge in [0.15, 0.2) is 6.29 Å². The van der Waals surface area contributed by atoms with Gasteiger partial charge in [0, 0.05) is 14.2 Å². The van der Waals surface area contributed by atoms with E-state index in [0.29, 0.717) is 4.31 Å². The summed E-state index contributed by atoms with van der Waals surface area (Å²) < 4.78 is 41.2. The molecule has 2 heterocycles. The van der Waals surface area contributed by atoms with Crippen molar-refractivity contribution in [3.8, 4) is 0 Å². The van der Waals surface area contributed by atoms with Crippen molar-refractivity contribution in [3.05, 3.63) is 42.0 Å². The SMILES string of the molecule is CO[C@@H]1C=C[C@@](CNC(=O)CN2C(=O)c3ccccc3S2(=O)=O)(OC)O1. The van der Waals surface area contributed by atoms with Gasteiger partial charge in [0.25, 0.3) is 15.9 Å². The standard InChI is InChI=1S/C16H18N2O7S/c1-23-14-7-8-16(24-2,25-14)10-17-13(19)9-18-15(20)11-5-3-4-6-12(11)26(18,21)22/h3-8,14H,9-10H2,1-2H3,(H,17,19)/t14-,16+/m0/s1. The maximum Gasteiger partial charge on any atom is 0.269 e. The molecule has 2 amide bonds. The first-order valence-corrected chi connectivity index (χ1v) is 9.15. The predicted molar refractivity (Wildman–Crippen MR) is 88.4 cm³/mol. The molecule has 0 aromatic heterocycles. The second kappa shape index (κ2) is 6.80. The molecular formula is C16H18N2O7S. The third kappa shape index (κ3) is 3.12. The van der Waals surface area contributed by atoms with Crippen molar-refractivity contribution in [1.82, 2.24) is 9.62 Å². The van der Waals surface area contributed by atoms with Gasteiger partial charge < -0.3 is 19.5 Å². The fourth-order valence-electron chi connectivity index (χ4n) is 2.71. The Kier molecular flexibility index (Phi) is 4.84. The highest BCUT2D eigenvalue weighted by molar-refractivity contribution is 7.90. The fraction of sp³-hybridized carbons (Fsp3) is 0.375. The molecule has 1 aromatic rings. The number of nitrogens with zero attached hydrogens (tertiary/aromatic N) is 1. The van der Waals surface area contributed by atoms with Crippen LogP contribution in [0.25, 0.3) is 0 Å². The maximum atomic E-state index is 12.4. The lowest BCUT2D eigenvalue weighted by Crippen LogP contribution is -2.48. The van der Waals surface area contributed by atoms with E-state index < -0.39 is 40.5 Å². The van der Waals surface area contributed by atoms with Gasteiger partial charge in [0.05, 0.1) is 12.1 Å². The number of nitrogens with one attached hydrogen (secondary N) is 1. The number of amides is 2. The number of benzene rings is 1. The normalized spacial score (nSPS) is 26.2. The Morgan fingerprint density at radius 1 is 1.35 bits per heavy atom. The van der Waals surface area contributed by atoms with Crippen LogP contribution < -0.4 is 5.32 Å². The molecule has 0 radical (unpaired) electrons. The molecule has 26 heavy (non-hydrogen) atoms. The van der Waals surface area contributed by atoms with Crippen molar-refractivity contribution >= 4 is 21.8 Å². The number of rotatable bonds is 6. The van der Waals surface area contributed by atoms with Crippen molar-refractivity contribution in [3.63, 3.8) is 0 Å². The predicted octanol–water partition coefficient (Wildman–Crippen LogP) is -0.151. The highest BCUT2D eigenvalue weighted by Crippen LogP contribution is 2.29. The van der Waals surface area contributed by atoms with Crippen molar-refractivity contribution < 1.29 is 32.2 Å². The minimum Gasteiger partial charge on any atom is -0.352 e. The Morgan fingerprint density at radius 3 is 2.69 bits per heavy atom. The van der Waals surface area contributed by atoms with E-state index in [1.807, 2.05) is 0 Å². The lowest BCUT2D eigenvalue weighted by Gasteiger charge is -2.27. The summed E-state index contributed by atoms with van der Waals surface area (Å²) in [5, 5.41) is 2.52. The molecule has 0 saturated carbocycles. The van der Waals surface area contributed by atoms with Gasteiger partial charge in [-0.15, -0.1) is 0 Å². The van der Waals surface area contributed by atoms with Gasteiger partial charge in [-0.25, -0.2) is 12.7 Å². The van der Waals surface area contributed by atoms with Crippen molar-refractivity contribution in [2.75, 3.05) is 27.3 Å². The largest absolute Gasteiger partial charge is 0.352 e. The average Bonchev–Trinajstić information content (AvgIpc) is 3.15. The zero-order chi connectivity index (χ0) is 18.9. The average molecular weight is 382 g/mol. The molecule has 1 aromatic carbocycles. The molecule has 0 bridgehead atoms. The monoisotopic (exact) mass is 382 g/mol. The molecule has 0 fully saturated rings. The van der Waals surface area contributed by atoms with E-state index in [1.54, 1.807) is 18.2 Å². The van der Waals surface area contributed by atoms with Crippen LogP contribution in [-0.4, -0.2) is 63.9 Å². The Hall–Kier alpha value is -2.27. The summed E-state index contributed by atoms with van der Waals surface area (Å²) in [5.41, 5.74) is 0.0543. The zero-order valence-electron chi connectivity index (χ0n) is 14.2. The van der Waals surface area contributed by atoms with Crippen LogP contribution in [0.4, 0.5) is 0 Å². The second-order valence-electron chi connectivity index (χ2n) is 5.69.